The highest BCUT2D eigenvalue weighted by molar-refractivity contribution is 7.90. The quantitative estimate of drug-likeness (QED) is 0.898. The Morgan fingerprint density at radius 1 is 1.19 bits per heavy atom. The van der Waals surface area contributed by atoms with E-state index in [1.54, 1.807) is 24.3 Å². The van der Waals surface area contributed by atoms with Crippen LogP contribution in [0.25, 0.3) is 11.4 Å². The molecule has 1 N–H and O–H groups in total. The Morgan fingerprint density at radius 3 is 2.48 bits per heavy atom. The zero-order valence-electron chi connectivity index (χ0n) is 11.6. The topological polar surface area (TPSA) is 88.2 Å². The molecule has 7 nitrogen and oxygen atoms in total. The van der Waals surface area contributed by atoms with Crippen LogP contribution >= 0.6 is 0 Å². The maximum atomic E-state index is 11.4. The normalized spacial score (nSPS) is 16.1. The van der Waals surface area contributed by atoms with E-state index in [2.05, 4.69) is 15.2 Å². The second-order valence-electron chi connectivity index (χ2n) is 4.88. The van der Waals surface area contributed by atoms with Crippen molar-refractivity contribution in [2.24, 2.45) is 0 Å². The predicted molar refractivity (Wildman–Crippen MR) is 78.0 cm³/mol. The lowest BCUT2D eigenvalue weighted by Gasteiger charge is -2.25. The molecule has 0 amide bonds. The van der Waals surface area contributed by atoms with E-state index in [0.717, 1.165) is 18.7 Å². The Balaban J connectivity index is 1.82. The average Bonchev–Trinajstić information content (AvgIpc) is 2.97. The summed E-state index contributed by atoms with van der Waals surface area (Å²) in [5, 5.41) is 7.09. The van der Waals surface area contributed by atoms with E-state index in [4.69, 9.17) is 4.74 Å². The first-order chi connectivity index (χ1) is 10.0. The molecular formula is C13H16N4O3S. The first kappa shape index (κ1) is 14.0. The summed E-state index contributed by atoms with van der Waals surface area (Å²) in [6, 6.07) is 6.59. The molecule has 21 heavy (non-hydrogen) atoms. The largest absolute Gasteiger partial charge is 0.378 e. The van der Waals surface area contributed by atoms with E-state index in [-0.39, 0.29) is 0 Å². The van der Waals surface area contributed by atoms with Crippen molar-refractivity contribution < 1.29 is 13.2 Å². The highest BCUT2D eigenvalue weighted by Gasteiger charge is 2.16. The molecule has 0 aliphatic carbocycles. The van der Waals surface area contributed by atoms with E-state index in [0.29, 0.717) is 29.9 Å². The molecule has 0 atom stereocenters. The summed E-state index contributed by atoms with van der Waals surface area (Å²) >= 11 is 0. The van der Waals surface area contributed by atoms with Gasteiger partial charge in [0.1, 0.15) is 0 Å². The van der Waals surface area contributed by atoms with Crippen LogP contribution in [-0.2, 0) is 14.6 Å². The van der Waals surface area contributed by atoms with Crippen molar-refractivity contribution in [3.05, 3.63) is 24.3 Å². The van der Waals surface area contributed by atoms with Gasteiger partial charge < -0.3 is 9.64 Å². The smallest absolute Gasteiger partial charge is 0.245 e. The van der Waals surface area contributed by atoms with Gasteiger partial charge in [-0.25, -0.2) is 8.42 Å². The van der Waals surface area contributed by atoms with E-state index < -0.39 is 9.84 Å². The maximum Gasteiger partial charge on any atom is 0.245 e. The minimum atomic E-state index is -3.18. The van der Waals surface area contributed by atoms with Crippen LogP contribution in [0.1, 0.15) is 0 Å². The number of benzene rings is 1. The Hall–Kier alpha value is -1.93. The molecule has 0 saturated carbocycles. The number of sulfone groups is 1. The number of H-pyrrole nitrogens is 1. The predicted octanol–water partition coefficient (Wildman–Crippen LogP) is 0.712. The molecule has 3 rings (SSSR count). The summed E-state index contributed by atoms with van der Waals surface area (Å²) in [6.07, 6.45) is 1.19. The molecule has 2 heterocycles. The first-order valence-corrected chi connectivity index (χ1v) is 8.49. The fraction of sp³-hybridized carbons (Fsp3) is 0.385. The second kappa shape index (κ2) is 5.45. The molecule has 1 aromatic heterocycles. The van der Waals surface area contributed by atoms with E-state index in [1.165, 1.54) is 6.26 Å². The summed E-state index contributed by atoms with van der Waals surface area (Å²) in [6.45, 7) is 2.88. The SMILES string of the molecule is CS(=O)(=O)c1ccc(-c2nc(N3CCOCC3)n[nH]2)cc1. The van der Waals surface area contributed by atoms with Crippen molar-refractivity contribution in [1.82, 2.24) is 15.2 Å². The standard InChI is InChI=1S/C13H16N4O3S/c1-21(18,19)11-4-2-10(3-5-11)12-14-13(16-15-12)17-6-8-20-9-7-17/h2-5H,6-9H2,1H3,(H,14,15,16). The molecule has 112 valence electrons. The highest BCUT2D eigenvalue weighted by atomic mass is 32.2. The van der Waals surface area contributed by atoms with Crippen LogP contribution in [0.15, 0.2) is 29.2 Å². The highest BCUT2D eigenvalue weighted by Crippen LogP contribution is 2.20. The third kappa shape index (κ3) is 3.06. The maximum absolute atomic E-state index is 11.4. The van der Waals surface area contributed by atoms with Crippen molar-refractivity contribution >= 4 is 15.8 Å². The number of anilines is 1. The van der Waals surface area contributed by atoms with Gasteiger partial charge in [-0.15, -0.1) is 5.10 Å². The lowest BCUT2D eigenvalue weighted by atomic mass is 10.2. The van der Waals surface area contributed by atoms with Gasteiger partial charge in [-0.3, -0.25) is 5.10 Å². The van der Waals surface area contributed by atoms with Crippen LogP contribution in [0.3, 0.4) is 0 Å². The van der Waals surface area contributed by atoms with Crippen LogP contribution < -0.4 is 4.90 Å². The van der Waals surface area contributed by atoms with Crippen LogP contribution in [0.4, 0.5) is 5.95 Å². The fourth-order valence-corrected chi connectivity index (χ4v) is 2.78. The lowest BCUT2D eigenvalue weighted by Crippen LogP contribution is -2.36. The average molecular weight is 308 g/mol. The summed E-state index contributed by atoms with van der Waals surface area (Å²) in [4.78, 5) is 6.79. The Bertz CT molecular complexity index is 718. The minimum Gasteiger partial charge on any atom is -0.378 e. The summed E-state index contributed by atoms with van der Waals surface area (Å²) in [7, 11) is -3.18. The van der Waals surface area contributed by atoms with Gasteiger partial charge >= 0.3 is 0 Å². The number of hydrogen-bond acceptors (Lipinski definition) is 6. The van der Waals surface area contributed by atoms with Crippen molar-refractivity contribution in [3.63, 3.8) is 0 Å². The zero-order chi connectivity index (χ0) is 14.9. The minimum absolute atomic E-state index is 0.291. The van der Waals surface area contributed by atoms with Gasteiger partial charge in [-0.2, -0.15) is 4.98 Å². The summed E-state index contributed by atoms with van der Waals surface area (Å²) < 4.78 is 28.2. The zero-order valence-corrected chi connectivity index (χ0v) is 12.4. The molecule has 1 saturated heterocycles. The molecule has 0 bridgehead atoms. The summed E-state index contributed by atoms with van der Waals surface area (Å²) in [5.74, 6) is 1.26. The molecular weight excluding hydrogens is 292 g/mol. The third-order valence-corrected chi connectivity index (χ3v) is 4.45. The Labute approximate surface area is 122 Å². The van der Waals surface area contributed by atoms with Crippen molar-refractivity contribution in [3.8, 4) is 11.4 Å². The van der Waals surface area contributed by atoms with Gasteiger partial charge in [0.15, 0.2) is 15.7 Å². The van der Waals surface area contributed by atoms with E-state index >= 15 is 0 Å². The number of morpholine rings is 1. The molecule has 0 spiro atoms. The summed E-state index contributed by atoms with van der Waals surface area (Å²) in [5.41, 5.74) is 0.800. The molecule has 0 radical (unpaired) electrons. The van der Waals surface area contributed by atoms with Crippen LogP contribution in [0, 0.1) is 0 Å². The van der Waals surface area contributed by atoms with Gasteiger partial charge in [0, 0.05) is 24.9 Å². The number of hydrogen-bond donors (Lipinski definition) is 1. The number of aromatic nitrogens is 3. The van der Waals surface area contributed by atoms with Crippen LogP contribution in [0.2, 0.25) is 0 Å². The van der Waals surface area contributed by atoms with Gasteiger partial charge in [-0.1, -0.05) is 0 Å². The van der Waals surface area contributed by atoms with Gasteiger partial charge in [-0.05, 0) is 24.3 Å². The molecule has 1 aliphatic rings. The lowest BCUT2D eigenvalue weighted by molar-refractivity contribution is 0.122. The van der Waals surface area contributed by atoms with E-state index in [9.17, 15) is 8.42 Å². The number of nitrogens with one attached hydrogen (secondary N) is 1. The van der Waals surface area contributed by atoms with Crippen molar-refractivity contribution in [2.45, 2.75) is 4.90 Å². The first-order valence-electron chi connectivity index (χ1n) is 6.59. The van der Waals surface area contributed by atoms with Crippen LogP contribution in [-0.4, -0.2) is 56.2 Å². The van der Waals surface area contributed by atoms with Crippen molar-refractivity contribution in [2.75, 3.05) is 37.5 Å². The molecule has 1 aromatic carbocycles. The van der Waals surface area contributed by atoms with E-state index in [1.807, 2.05) is 4.90 Å². The Morgan fingerprint density at radius 2 is 1.86 bits per heavy atom. The van der Waals surface area contributed by atoms with Gasteiger partial charge in [0.05, 0.1) is 18.1 Å². The number of rotatable bonds is 3. The molecule has 0 unspecified atom stereocenters. The molecule has 2 aromatic rings. The monoisotopic (exact) mass is 308 g/mol. The molecule has 1 aliphatic heterocycles. The molecule has 1 fully saturated rings. The second-order valence-corrected chi connectivity index (χ2v) is 6.90. The Kier molecular flexibility index (Phi) is 3.64. The van der Waals surface area contributed by atoms with Crippen molar-refractivity contribution in [1.29, 1.82) is 0 Å². The number of nitrogens with zero attached hydrogens (tertiary/aromatic N) is 3. The number of ether oxygens (including phenoxy) is 1. The third-order valence-electron chi connectivity index (χ3n) is 3.32. The van der Waals surface area contributed by atoms with Gasteiger partial charge in [0.25, 0.3) is 0 Å². The van der Waals surface area contributed by atoms with Crippen LogP contribution in [0.5, 0.6) is 0 Å². The number of aromatic amines is 1. The fourth-order valence-electron chi connectivity index (χ4n) is 2.15. The van der Waals surface area contributed by atoms with Gasteiger partial charge in [0.2, 0.25) is 5.95 Å². The molecule has 8 heteroatoms.